The summed E-state index contributed by atoms with van der Waals surface area (Å²) in [5.74, 6) is -0.0680. The van der Waals surface area contributed by atoms with E-state index in [1.54, 1.807) is 0 Å². The van der Waals surface area contributed by atoms with Crippen LogP contribution in [0.3, 0.4) is 0 Å². The maximum atomic E-state index is 11.1. The lowest BCUT2D eigenvalue weighted by molar-refractivity contribution is -0.143. The van der Waals surface area contributed by atoms with Gasteiger partial charge in [0.1, 0.15) is 0 Å². The molecule has 1 rings (SSSR count). The number of likely N-dealkylation sites (tertiary alicyclic amines) is 1. The maximum Gasteiger partial charge on any atom is 0.307 e. The molecule has 0 saturated carbocycles. The van der Waals surface area contributed by atoms with E-state index in [2.05, 4.69) is 11.8 Å². The van der Waals surface area contributed by atoms with Crippen molar-refractivity contribution < 1.29 is 9.53 Å². The van der Waals surface area contributed by atoms with E-state index in [1.807, 2.05) is 6.92 Å². The van der Waals surface area contributed by atoms with Crippen molar-refractivity contribution in [1.82, 2.24) is 4.90 Å². The second-order valence-corrected chi connectivity index (χ2v) is 3.58. The van der Waals surface area contributed by atoms with Crippen LogP contribution in [0.25, 0.3) is 0 Å². The van der Waals surface area contributed by atoms with Crippen molar-refractivity contribution in [2.24, 2.45) is 0 Å². The van der Waals surface area contributed by atoms with Gasteiger partial charge in [-0.1, -0.05) is 0 Å². The monoisotopic (exact) mass is 185 g/mol. The minimum atomic E-state index is -0.0680. The fraction of sp³-hybridized carbons (Fsp3) is 0.900. The first-order valence-electron chi connectivity index (χ1n) is 5.13. The molecule has 76 valence electrons. The van der Waals surface area contributed by atoms with Gasteiger partial charge in [-0.15, -0.1) is 0 Å². The zero-order valence-electron chi connectivity index (χ0n) is 8.58. The van der Waals surface area contributed by atoms with E-state index in [1.165, 1.54) is 12.8 Å². The van der Waals surface area contributed by atoms with Gasteiger partial charge in [-0.05, 0) is 33.2 Å². The molecule has 0 bridgehead atoms. The fourth-order valence-electron chi connectivity index (χ4n) is 1.79. The third-order valence-electron chi connectivity index (χ3n) is 2.60. The van der Waals surface area contributed by atoms with Crippen LogP contribution >= 0.6 is 0 Å². The van der Waals surface area contributed by atoms with E-state index in [0.29, 0.717) is 19.1 Å². The Morgan fingerprint density at radius 2 is 2.38 bits per heavy atom. The van der Waals surface area contributed by atoms with Gasteiger partial charge in [0.05, 0.1) is 13.0 Å². The summed E-state index contributed by atoms with van der Waals surface area (Å²) in [6.45, 7) is 6.56. The molecule has 0 aliphatic carbocycles. The Bertz CT molecular complexity index is 170. The summed E-state index contributed by atoms with van der Waals surface area (Å²) in [5.41, 5.74) is 0. The first-order chi connectivity index (χ1) is 6.24. The van der Waals surface area contributed by atoms with Crippen LogP contribution in [-0.2, 0) is 9.53 Å². The Morgan fingerprint density at radius 1 is 1.62 bits per heavy atom. The number of nitrogens with zero attached hydrogens (tertiary/aromatic N) is 1. The van der Waals surface area contributed by atoms with Crippen molar-refractivity contribution >= 4 is 5.97 Å². The number of esters is 1. The number of ether oxygens (including phenoxy) is 1. The molecule has 1 aliphatic rings. The highest BCUT2D eigenvalue weighted by molar-refractivity contribution is 5.69. The molecule has 1 unspecified atom stereocenters. The van der Waals surface area contributed by atoms with Gasteiger partial charge in [-0.2, -0.15) is 0 Å². The van der Waals surface area contributed by atoms with Crippen molar-refractivity contribution in [3.05, 3.63) is 0 Å². The van der Waals surface area contributed by atoms with E-state index in [-0.39, 0.29) is 5.97 Å². The van der Waals surface area contributed by atoms with Gasteiger partial charge >= 0.3 is 5.97 Å². The summed E-state index contributed by atoms with van der Waals surface area (Å²) in [6, 6.07) is 0.648. The average Bonchev–Trinajstić information content (AvgIpc) is 2.48. The number of hydrogen-bond donors (Lipinski definition) is 0. The number of carbonyl (C=O) groups excluding carboxylic acids is 1. The Balaban J connectivity index is 2.14. The molecule has 0 spiro atoms. The predicted octanol–water partition coefficient (Wildman–Crippen LogP) is 1.42. The van der Waals surface area contributed by atoms with Crippen molar-refractivity contribution in [2.75, 3.05) is 19.7 Å². The molecule has 1 heterocycles. The molecular weight excluding hydrogens is 166 g/mol. The zero-order chi connectivity index (χ0) is 9.68. The van der Waals surface area contributed by atoms with Crippen molar-refractivity contribution in [2.45, 2.75) is 39.2 Å². The molecule has 1 atom stereocenters. The Hall–Kier alpha value is -0.570. The highest BCUT2D eigenvalue weighted by Crippen LogP contribution is 2.16. The predicted molar refractivity (Wildman–Crippen MR) is 51.5 cm³/mol. The lowest BCUT2D eigenvalue weighted by atomic mass is 10.2. The van der Waals surface area contributed by atoms with Crippen LogP contribution in [-0.4, -0.2) is 36.6 Å². The quantitative estimate of drug-likeness (QED) is 0.620. The minimum Gasteiger partial charge on any atom is -0.466 e. The summed E-state index contributed by atoms with van der Waals surface area (Å²) >= 11 is 0. The number of hydrogen-bond acceptors (Lipinski definition) is 3. The van der Waals surface area contributed by atoms with Crippen LogP contribution in [0.15, 0.2) is 0 Å². The summed E-state index contributed by atoms with van der Waals surface area (Å²) in [5, 5.41) is 0. The van der Waals surface area contributed by atoms with Gasteiger partial charge in [-0.3, -0.25) is 4.79 Å². The highest BCUT2D eigenvalue weighted by atomic mass is 16.5. The standard InChI is InChI=1S/C10H19NO2/c1-3-13-10(12)6-8-11-7-4-5-9(11)2/h9H,3-8H2,1-2H3. The van der Waals surface area contributed by atoms with Crippen molar-refractivity contribution in [3.63, 3.8) is 0 Å². The maximum absolute atomic E-state index is 11.1. The van der Waals surface area contributed by atoms with E-state index >= 15 is 0 Å². The molecule has 0 aromatic heterocycles. The molecule has 0 N–H and O–H groups in total. The largest absolute Gasteiger partial charge is 0.466 e. The van der Waals surface area contributed by atoms with Crippen LogP contribution in [0.1, 0.15) is 33.1 Å². The summed E-state index contributed by atoms with van der Waals surface area (Å²) in [6.07, 6.45) is 3.07. The first kappa shape index (κ1) is 10.5. The van der Waals surface area contributed by atoms with E-state index in [0.717, 1.165) is 13.1 Å². The third-order valence-corrected chi connectivity index (χ3v) is 2.60. The van der Waals surface area contributed by atoms with E-state index < -0.39 is 0 Å². The smallest absolute Gasteiger partial charge is 0.307 e. The van der Waals surface area contributed by atoms with Crippen LogP contribution in [0.2, 0.25) is 0 Å². The highest BCUT2D eigenvalue weighted by Gasteiger charge is 2.20. The summed E-state index contributed by atoms with van der Waals surface area (Å²) in [7, 11) is 0. The Kier molecular flexibility index (Phi) is 4.22. The molecule has 0 radical (unpaired) electrons. The second kappa shape index (κ2) is 5.22. The molecule has 1 aliphatic heterocycles. The summed E-state index contributed by atoms with van der Waals surface area (Å²) < 4.78 is 4.87. The van der Waals surface area contributed by atoms with Gasteiger partial charge in [-0.25, -0.2) is 0 Å². The molecule has 0 amide bonds. The molecule has 13 heavy (non-hydrogen) atoms. The van der Waals surface area contributed by atoms with Crippen LogP contribution < -0.4 is 0 Å². The molecule has 1 saturated heterocycles. The van der Waals surface area contributed by atoms with Crippen LogP contribution in [0.5, 0.6) is 0 Å². The molecular formula is C10H19NO2. The van der Waals surface area contributed by atoms with Crippen LogP contribution in [0.4, 0.5) is 0 Å². The Morgan fingerprint density at radius 3 is 2.92 bits per heavy atom. The Labute approximate surface area is 80.1 Å². The zero-order valence-corrected chi connectivity index (χ0v) is 8.58. The second-order valence-electron chi connectivity index (χ2n) is 3.58. The first-order valence-corrected chi connectivity index (χ1v) is 5.13. The molecule has 0 aromatic carbocycles. The van der Waals surface area contributed by atoms with E-state index in [9.17, 15) is 4.79 Å². The lowest BCUT2D eigenvalue weighted by Gasteiger charge is -2.19. The topological polar surface area (TPSA) is 29.5 Å². The molecule has 0 aromatic rings. The van der Waals surface area contributed by atoms with Gasteiger partial charge in [0, 0.05) is 12.6 Å². The van der Waals surface area contributed by atoms with Crippen molar-refractivity contribution in [3.8, 4) is 0 Å². The minimum absolute atomic E-state index is 0.0680. The third kappa shape index (κ3) is 3.35. The SMILES string of the molecule is CCOC(=O)CCN1CCCC1C. The van der Waals surface area contributed by atoms with Crippen LogP contribution in [0, 0.1) is 0 Å². The average molecular weight is 185 g/mol. The number of carbonyl (C=O) groups is 1. The van der Waals surface area contributed by atoms with Gasteiger partial charge < -0.3 is 9.64 Å². The van der Waals surface area contributed by atoms with Gasteiger partial charge in [0.25, 0.3) is 0 Å². The van der Waals surface area contributed by atoms with Gasteiger partial charge in [0.2, 0.25) is 0 Å². The number of rotatable bonds is 4. The normalized spacial score (nSPS) is 23.4. The molecule has 3 heteroatoms. The lowest BCUT2D eigenvalue weighted by Crippen LogP contribution is -2.29. The van der Waals surface area contributed by atoms with E-state index in [4.69, 9.17) is 4.74 Å². The summed E-state index contributed by atoms with van der Waals surface area (Å²) in [4.78, 5) is 13.4. The van der Waals surface area contributed by atoms with Crippen molar-refractivity contribution in [1.29, 1.82) is 0 Å². The fourth-order valence-corrected chi connectivity index (χ4v) is 1.79. The molecule has 1 fully saturated rings. The molecule has 3 nitrogen and oxygen atoms in total. The van der Waals surface area contributed by atoms with Gasteiger partial charge in [0.15, 0.2) is 0 Å².